The molecule has 0 aliphatic carbocycles. The topological polar surface area (TPSA) is 78.9 Å². The van der Waals surface area contributed by atoms with Gasteiger partial charge in [-0.1, -0.05) is 196 Å². The number of unbranched alkanes of at least 4 members (excludes halogenated alkanes) is 21. The highest BCUT2D eigenvalue weighted by atomic mass is 16.6. The number of ether oxygens (including phenoxy) is 3. The molecule has 0 N–H and O–H groups in total. The summed E-state index contributed by atoms with van der Waals surface area (Å²) in [6.45, 7) is 6.43. The van der Waals surface area contributed by atoms with Crippen LogP contribution in [0.25, 0.3) is 0 Å². The molecule has 0 fully saturated rings. The third-order valence-electron chi connectivity index (χ3n) is 10.9. The lowest BCUT2D eigenvalue weighted by Gasteiger charge is -2.18. The minimum atomic E-state index is -0.798. The maximum absolute atomic E-state index is 12.8. The first-order chi connectivity index (χ1) is 31.0. The van der Waals surface area contributed by atoms with Gasteiger partial charge in [0.15, 0.2) is 6.10 Å². The Hall–Kier alpha value is -3.41. The summed E-state index contributed by atoms with van der Waals surface area (Å²) in [4.78, 5) is 38.0. The van der Waals surface area contributed by atoms with Crippen LogP contribution in [0.3, 0.4) is 0 Å². The minimum Gasteiger partial charge on any atom is -0.462 e. The van der Waals surface area contributed by atoms with Crippen LogP contribution in [-0.4, -0.2) is 37.2 Å². The summed E-state index contributed by atoms with van der Waals surface area (Å²) in [5.41, 5.74) is 0. The van der Waals surface area contributed by atoms with Gasteiger partial charge >= 0.3 is 17.9 Å². The molecule has 63 heavy (non-hydrogen) atoms. The average Bonchev–Trinajstić information content (AvgIpc) is 3.28. The molecule has 0 spiro atoms. The lowest BCUT2D eigenvalue weighted by Crippen LogP contribution is -2.30. The van der Waals surface area contributed by atoms with Crippen molar-refractivity contribution in [2.75, 3.05) is 13.2 Å². The summed E-state index contributed by atoms with van der Waals surface area (Å²) >= 11 is 0. The number of carbonyl (C=O) groups excluding carboxylic acids is 3. The van der Waals surface area contributed by atoms with Crippen LogP contribution in [-0.2, 0) is 28.6 Å². The van der Waals surface area contributed by atoms with Crippen LogP contribution in [0, 0.1) is 0 Å². The van der Waals surface area contributed by atoms with E-state index in [9.17, 15) is 14.4 Å². The predicted molar refractivity (Wildman–Crippen MR) is 270 cm³/mol. The van der Waals surface area contributed by atoms with Gasteiger partial charge in [-0.15, -0.1) is 0 Å². The van der Waals surface area contributed by atoms with Crippen LogP contribution >= 0.6 is 0 Å². The molecular formula is C57H96O6. The Balaban J connectivity index is 4.45. The quantitative estimate of drug-likeness (QED) is 0.0262. The van der Waals surface area contributed by atoms with Crippen molar-refractivity contribution in [2.45, 2.75) is 245 Å². The first-order valence-electron chi connectivity index (χ1n) is 26.1. The van der Waals surface area contributed by atoms with E-state index >= 15 is 0 Å². The summed E-state index contributed by atoms with van der Waals surface area (Å²) in [5, 5.41) is 0. The van der Waals surface area contributed by atoms with Gasteiger partial charge in [0.05, 0.1) is 0 Å². The van der Waals surface area contributed by atoms with Crippen LogP contribution in [0.5, 0.6) is 0 Å². The maximum atomic E-state index is 12.8. The highest BCUT2D eigenvalue weighted by Crippen LogP contribution is 2.13. The van der Waals surface area contributed by atoms with Crippen LogP contribution < -0.4 is 0 Å². The third kappa shape index (κ3) is 49.5. The second-order valence-corrected chi connectivity index (χ2v) is 17.0. The fourth-order valence-electron chi connectivity index (χ4n) is 6.91. The van der Waals surface area contributed by atoms with E-state index in [2.05, 4.69) is 106 Å². The molecular weight excluding hydrogens is 781 g/mol. The lowest BCUT2D eigenvalue weighted by molar-refractivity contribution is -0.167. The summed E-state index contributed by atoms with van der Waals surface area (Å²) in [5.74, 6) is -0.943. The monoisotopic (exact) mass is 877 g/mol. The minimum absolute atomic E-state index is 0.0952. The molecule has 0 saturated heterocycles. The highest BCUT2D eigenvalue weighted by molar-refractivity contribution is 5.71. The normalized spacial score (nSPS) is 12.7. The zero-order valence-corrected chi connectivity index (χ0v) is 41.1. The van der Waals surface area contributed by atoms with E-state index in [1.165, 1.54) is 89.9 Å². The van der Waals surface area contributed by atoms with Gasteiger partial charge in [-0.3, -0.25) is 14.4 Å². The molecule has 0 unspecified atom stereocenters. The lowest BCUT2D eigenvalue weighted by atomic mass is 10.1. The first kappa shape index (κ1) is 59.6. The molecule has 360 valence electrons. The Labute approximate surface area is 388 Å². The SMILES string of the molecule is CC/C=C\C/C=C\C/C=C\C/C=C\C/C=C\CCCCCC(=O)O[C@@H](COC(=O)CCCCCCC/C=C\CCCC)COC(=O)CCCCCCCCC/C=C\CCCCCC. The third-order valence-corrected chi connectivity index (χ3v) is 10.9. The molecule has 0 rings (SSSR count). The summed E-state index contributed by atoms with van der Waals surface area (Å²) in [6.07, 6.45) is 65.6. The molecule has 0 aromatic heterocycles. The van der Waals surface area contributed by atoms with Gasteiger partial charge in [-0.2, -0.15) is 0 Å². The molecule has 1 atom stereocenters. The standard InChI is InChI=1S/C57H96O6/c1-4-7-10-13-16-19-22-24-26-27-28-29-31-33-36-39-42-45-48-51-57(60)63-54(52-61-55(58)49-46-43-40-37-34-21-18-15-12-9-6-3)53-62-56(59)50-47-44-41-38-35-32-30-25-23-20-17-14-11-8-5-2/h7,10,15-16,18-20,23-24,26,28-29,33,36,54H,4-6,8-9,11-14,17,21-22,25,27,30-32,34-35,37-53H2,1-3H3/b10-7-,18-15-,19-16-,23-20-,26-24-,29-28-,36-33-/t54-/m0/s1. The molecule has 0 aliphatic rings. The molecule has 0 amide bonds. The van der Waals surface area contributed by atoms with Crippen molar-refractivity contribution in [1.29, 1.82) is 0 Å². The van der Waals surface area contributed by atoms with E-state index in [1.807, 2.05) is 0 Å². The molecule has 6 heteroatoms. The molecule has 0 saturated carbocycles. The van der Waals surface area contributed by atoms with E-state index in [4.69, 9.17) is 14.2 Å². The fourth-order valence-corrected chi connectivity index (χ4v) is 6.91. The van der Waals surface area contributed by atoms with Crippen molar-refractivity contribution in [1.82, 2.24) is 0 Å². The van der Waals surface area contributed by atoms with Crippen LogP contribution in [0.15, 0.2) is 85.1 Å². The van der Waals surface area contributed by atoms with Crippen molar-refractivity contribution in [3.63, 3.8) is 0 Å². The van der Waals surface area contributed by atoms with Gasteiger partial charge in [0.1, 0.15) is 13.2 Å². The Kier molecular flexibility index (Phi) is 48.5. The zero-order valence-electron chi connectivity index (χ0n) is 41.1. The predicted octanol–water partition coefficient (Wildman–Crippen LogP) is 17.2. The van der Waals surface area contributed by atoms with Crippen LogP contribution in [0.1, 0.15) is 239 Å². The zero-order chi connectivity index (χ0) is 45.8. The van der Waals surface area contributed by atoms with Crippen molar-refractivity contribution in [2.24, 2.45) is 0 Å². The van der Waals surface area contributed by atoms with Gasteiger partial charge in [-0.05, 0) is 109 Å². The molecule has 0 heterocycles. The van der Waals surface area contributed by atoms with Crippen molar-refractivity contribution in [3.8, 4) is 0 Å². The van der Waals surface area contributed by atoms with Crippen molar-refractivity contribution in [3.05, 3.63) is 85.1 Å². The summed E-state index contributed by atoms with van der Waals surface area (Å²) < 4.78 is 16.8. The Morgan fingerprint density at radius 1 is 0.333 bits per heavy atom. The van der Waals surface area contributed by atoms with E-state index in [-0.39, 0.29) is 37.5 Å². The smallest absolute Gasteiger partial charge is 0.306 e. The van der Waals surface area contributed by atoms with Gasteiger partial charge in [0.25, 0.3) is 0 Å². The molecule has 0 aromatic carbocycles. The van der Waals surface area contributed by atoms with Crippen molar-refractivity contribution >= 4 is 17.9 Å². The summed E-state index contributed by atoms with van der Waals surface area (Å²) in [6, 6.07) is 0. The first-order valence-corrected chi connectivity index (χ1v) is 26.1. The molecule has 0 aromatic rings. The Bertz CT molecular complexity index is 1240. The molecule has 6 nitrogen and oxygen atoms in total. The molecule has 0 bridgehead atoms. The van der Waals surface area contributed by atoms with Crippen LogP contribution in [0.2, 0.25) is 0 Å². The average molecular weight is 877 g/mol. The van der Waals surface area contributed by atoms with E-state index in [0.717, 1.165) is 109 Å². The number of esters is 3. The van der Waals surface area contributed by atoms with E-state index in [0.29, 0.717) is 12.8 Å². The highest BCUT2D eigenvalue weighted by Gasteiger charge is 2.19. The second-order valence-electron chi connectivity index (χ2n) is 17.0. The Morgan fingerprint density at radius 3 is 1.05 bits per heavy atom. The maximum Gasteiger partial charge on any atom is 0.306 e. The number of carbonyl (C=O) groups is 3. The Morgan fingerprint density at radius 2 is 0.635 bits per heavy atom. The van der Waals surface area contributed by atoms with Crippen molar-refractivity contribution < 1.29 is 28.6 Å². The number of rotatable bonds is 46. The second kappa shape index (κ2) is 51.2. The largest absolute Gasteiger partial charge is 0.462 e. The summed E-state index contributed by atoms with van der Waals surface area (Å²) in [7, 11) is 0. The van der Waals surface area contributed by atoms with Gasteiger partial charge in [0, 0.05) is 19.3 Å². The fraction of sp³-hybridized carbons (Fsp3) is 0.702. The van der Waals surface area contributed by atoms with E-state index < -0.39 is 6.10 Å². The van der Waals surface area contributed by atoms with Gasteiger partial charge in [0.2, 0.25) is 0 Å². The van der Waals surface area contributed by atoms with Gasteiger partial charge in [-0.25, -0.2) is 0 Å². The number of allylic oxidation sites excluding steroid dienone is 14. The number of hydrogen-bond donors (Lipinski definition) is 0. The van der Waals surface area contributed by atoms with Crippen LogP contribution in [0.4, 0.5) is 0 Å². The molecule has 0 aliphatic heterocycles. The van der Waals surface area contributed by atoms with Gasteiger partial charge < -0.3 is 14.2 Å². The molecule has 0 radical (unpaired) electrons. The number of hydrogen-bond acceptors (Lipinski definition) is 6. The van der Waals surface area contributed by atoms with E-state index in [1.54, 1.807) is 0 Å².